The molecule has 0 aliphatic heterocycles. The van der Waals surface area contributed by atoms with Crippen molar-refractivity contribution < 1.29 is 8.78 Å². The number of hydrogen-bond acceptors (Lipinski definition) is 7. The van der Waals surface area contributed by atoms with E-state index in [2.05, 4.69) is 30.5 Å². The molecule has 0 atom stereocenters. The molecule has 0 saturated heterocycles. The van der Waals surface area contributed by atoms with Crippen LogP contribution < -0.4 is 10.9 Å². The van der Waals surface area contributed by atoms with Crippen molar-refractivity contribution in [3.8, 4) is 11.4 Å². The number of aryl methyl sites for hydroxylation is 2. The molecule has 0 spiro atoms. The van der Waals surface area contributed by atoms with E-state index in [9.17, 15) is 13.6 Å². The Balaban J connectivity index is 1.83. The van der Waals surface area contributed by atoms with Crippen molar-refractivity contribution in [1.82, 2.24) is 34.3 Å². The van der Waals surface area contributed by atoms with Crippen molar-refractivity contribution in [2.45, 2.75) is 13.3 Å². The zero-order chi connectivity index (χ0) is 22.4. The first-order valence-corrected chi connectivity index (χ1v) is 9.61. The Morgan fingerprint density at radius 3 is 2.75 bits per heavy atom. The lowest BCUT2D eigenvalue weighted by atomic mass is 10.1. The molecule has 5 aromatic rings. The molecule has 0 bridgehead atoms. The summed E-state index contributed by atoms with van der Waals surface area (Å²) >= 11 is 0. The van der Waals surface area contributed by atoms with Gasteiger partial charge in [0.15, 0.2) is 11.5 Å². The number of benzene rings is 1. The largest absolute Gasteiger partial charge is 0.319 e. The van der Waals surface area contributed by atoms with Crippen molar-refractivity contribution in [2.75, 3.05) is 5.32 Å². The van der Waals surface area contributed by atoms with Gasteiger partial charge in [-0.1, -0.05) is 6.07 Å². The van der Waals surface area contributed by atoms with Crippen molar-refractivity contribution in [3.05, 3.63) is 70.4 Å². The zero-order valence-corrected chi connectivity index (χ0v) is 17.0. The molecule has 160 valence electrons. The monoisotopic (exact) mass is 434 g/mol. The van der Waals surface area contributed by atoms with Gasteiger partial charge in [-0.05, 0) is 36.8 Å². The smallest absolute Gasteiger partial charge is 0.293 e. The maximum absolute atomic E-state index is 13.8. The minimum absolute atomic E-state index is 0.0611. The Kier molecular flexibility index (Phi) is 4.58. The zero-order valence-electron chi connectivity index (χ0n) is 17.0. The highest BCUT2D eigenvalue weighted by Crippen LogP contribution is 2.32. The van der Waals surface area contributed by atoms with Crippen LogP contribution in [-0.4, -0.2) is 34.3 Å². The number of nitrogens with one attached hydrogen (secondary N) is 1. The molecule has 11 heteroatoms. The van der Waals surface area contributed by atoms with E-state index >= 15 is 0 Å². The first-order chi connectivity index (χ1) is 15.4. The Labute approximate surface area is 179 Å². The summed E-state index contributed by atoms with van der Waals surface area (Å²) in [6, 6.07) is 7.88. The highest BCUT2D eigenvalue weighted by Gasteiger charge is 2.21. The number of fused-ring (bicyclic) bond motifs is 3. The average Bonchev–Trinajstić information content (AvgIpc) is 3.33. The van der Waals surface area contributed by atoms with Gasteiger partial charge in [-0.3, -0.25) is 9.48 Å². The standard InChI is InChI=1S/C21H16F2N8O/c1-11-7-13(17(22)23)16-14(8-11)19-28-18(12-9-25-30(2)10-12)29-31(19)21(27-16)26-15-5-3-4-6-24-20(15)32/h3-10,17H,1-2H3,(H,24,26,27,32). The number of aromatic nitrogens is 7. The molecule has 0 aliphatic rings. The van der Waals surface area contributed by atoms with E-state index in [1.165, 1.54) is 22.8 Å². The van der Waals surface area contributed by atoms with Gasteiger partial charge in [-0.15, -0.1) is 5.10 Å². The Morgan fingerprint density at radius 2 is 2.00 bits per heavy atom. The van der Waals surface area contributed by atoms with Gasteiger partial charge in [0.25, 0.3) is 12.0 Å². The van der Waals surface area contributed by atoms with Gasteiger partial charge in [0, 0.05) is 30.4 Å². The first kappa shape index (κ1) is 19.7. The topological polar surface area (TPSA) is 103 Å². The molecule has 0 amide bonds. The quantitative estimate of drug-likeness (QED) is 0.462. The second-order valence-electron chi connectivity index (χ2n) is 7.23. The normalized spacial score (nSPS) is 11.5. The van der Waals surface area contributed by atoms with Gasteiger partial charge < -0.3 is 5.32 Å². The van der Waals surface area contributed by atoms with Crippen LogP contribution in [0.4, 0.5) is 20.4 Å². The van der Waals surface area contributed by atoms with E-state index in [-0.39, 0.29) is 22.7 Å². The maximum atomic E-state index is 13.8. The summed E-state index contributed by atoms with van der Waals surface area (Å²) in [6.07, 6.45) is 1.96. The predicted molar refractivity (Wildman–Crippen MR) is 114 cm³/mol. The summed E-state index contributed by atoms with van der Waals surface area (Å²) < 4.78 is 30.7. The lowest BCUT2D eigenvalue weighted by molar-refractivity contribution is 0.153. The molecule has 32 heavy (non-hydrogen) atoms. The van der Waals surface area contributed by atoms with Crippen LogP contribution >= 0.6 is 0 Å². The van der Waals surface area contributed by atoms with Crippen LogP contribution in [0.1, 0.15) is 17.6 Å². The summed E-state index contributed by atoms with van der Waals surface area (Å²) in [5.41, 5.74) is 1.05. The molecular formula is C21H16F2N8O. The van der Waals surface area contributed by atoms with E-state index in [0.717, 1.165) is 0 Å². The van der Waals surface area contributed by atoms with Gasteiger partial charge in [0.1, 0.15) is 5.69 Å². The summed E-state index contributed by atoms with van der Waals surface area (Å²) in [5.74, 6) is 0.403. The van der Waals surface area contributed by atoms with Crippen LogP contribution in [0, 0.1) is 6.92 Å². The molecule has 0 fully saturated rings. The van der Waals surface area contributed by atoms with Crippen molar-refractivity contribution in [3.63, 3.8) is 0 Å². The number of nitrogens with zero attached hydrogens (tertiary/aromatic N) is 7. The van der Waals surface area contributed by atoms with Crippen molar-refractivity contribution in [1.29, 1.82) is 0 Å². The Bertz CT molecular complexity index is 1540. The summed E-state index contributed by atoms with van der Waals surface area (Å²) in [6.45, 7) is 1.73. The van der Waals surface area contributed by atoms with Crippen molar-refractivity contribution >= 4 is 28.2 Å². The number of rotatable bonds is 4. The van der Waals surface area contributed by atoms with Gasteiger partial charge in [0.05, 0.1) is 17.3 Å². The van der Waals surface area contributed by atoms with Gasteiger partial charge in [0.2, 0.25) is 5.95 Å². The summed E-state index contributed by atoms with van der Waals surface area (Å²) in [5, 5.41) is 12.0. The van der Waals surface area contributed by atoms with Crippen molar-refractivity contribution in [2.24, 2.45) is 7.05 Å². The Hall–Kier alpha value is -4.28. The second kappa shape index (κ2) is 7.45. The third-order valence-corrected chi connectivity index (χ3v) is 4.88. The van der Waals surface area contributed by atoms with Crippen LogP contribution in [0.15, 0.2) is 53.7 Å². The third-order valence-electron chi connectivity index (χ3n) is 4.88. The van der Waals surface area contributed by atoms with Crippen LogP contribution in [0.3, 0.4) is 0 Å². The fourth-order valence-electron chi connectivity index (χ4n) is 3.46. The van der Waals surface area contributed by atoms with Crippen LogP contribution in [0.25, 0.3) is 27.9 Å². The highest BCUT2D eigenvalue weighted by atomic mass is 19.3. The molecule has 0 aliphatic carbocycles. The van der Waals surface area contributed by atoms with E-state index in [1.807, 2.05) is 0 Å². The van der Waals surface area contributed by atoms with Gasteiger partial charge in [-0.2, -0.15) is 9.61 Å². The number of halogens is 2. The van der Waals surface area contributed by atoms with E-state index in [4.69, 9.17) is 0 Å². The molecule has 1 N–H and O–H groups in total. The van der Waals surface area contributed by atoms with Gasteiger partial charge >= 0.3 is 0 Å². The molecule has 5 rings (SSSR count). The summed E-state index contributed by atoms with van der Waals surface area (Å²) in [7, 11) is 1.76. The first-order valence-electron chi connectivity index (χ1n) is 9.61. The highest BCUT2D eigenvalue weighted by molar-refractivity contribution is 5.95. The fraction of sp³-hybridized carbons (Fsp3) is 0.143. The fourth-order valence-corrected chi connectivity index (χ4v) is 3.46. The van der Waals surface area contributed by atoms with Crippen LogP contribution in [-0.2, 0) is 7.05 Å². The number of anilines is 2. The minimum atomic E-state index is -2.74. The van der Waals surface area contributed by atoms with E-state index in [0.29, 0.717) is 28.0 Å². The molecule has 0 unspecified atom stereocenters. The second-order valence-corrected chi connectivity index (χ2v) is 7.23. The van der Waals surface area contributed by atoms with E-state index < -0.39 is 12.0 Å². The summed E-state index contributed by atoms with van der Waals surface area (Å²) in [4.78, 5) is 25.1. The van der Waals surface area contributed by atoms with Gasteiger partial charge in [-0.25, -0.2) is 23.7 Å². The maximum Gasteiger partial charge on any atom is 0.293 e. The van der Waals surface area contributed by atoms with Crippen LogP contribution in [0.2, 0.25) is 0 Å². The lowest BCUT2D eigenvalue weighted by Gasteiger charge is -2.11. The lowest BCUT2D eigenvalue weighted by Crippen LogP contribution is -2.12. The molecule has 0 saturated carbocycles. The average molecular weight is 434 g/mol. The molecule has 4 heterocycles. The minimum Gasteiger partial charge on any atom is -0.319 e. The molecule has 9 nitrogen and oxygen atoms in total. The van der Waals surface area contributed by atoms with E-state index in [1.54, 1.807) is 49.2 Å². The molecule has 4 aromatic heterocycles. The molecule has 0 radical (unpaired) electrons. The SMILES string of the molecule is Cc1cc(C(F)F)c2nc(Nc3ccccnc3=O)n3nc(-c4cnn(C)c4)nc3c2c1. The number of alkyl halides is 2. The van der Waals surface area contributed by atoms with Crippen LogP contribution in [0.5, 0.6) is 0 Å². The molecular weight excluding hydrogens is 418 g/mol. The number of hydrogen-bond donors (Lipinski definition) is 1. The molecule has 1 aromatic carbocycles. The predicted octanol–water partition coefficient (Wildman–Crippen LogP) is 3.42. The Morgan fingerprint density at radius 1 is 1.16 bits per heavy atom. The third kappa shape index (κ3) is 3.33.